The summed E-state index contributed by atoms with van der Waals surface area (Å²) in [6.45, 7) is 8.55. The van der Waals surface area contributed by atoms with E-state index in [-0.39, 0.29) is 0 Å². The third-order valence-electron chi connectivity index (χ3n) is 3.74. The molecule has 1 unspecified atom stereocenters. The van der Waals surface area contributed by atoms with E-state index in [1.54, 1.807) is 0 Å². The zero-order chi connectivity index (χ0) is 11.4. The molecule has 2 nitrogen and oxygen atoms in total. The minimum absolute atomic E-state index is 0.818. The van der Waals surface area contributed by atoms with Gasteiger partial charge in [-0.3, -0.25) is 0 Å². The predicted molar refractivity (Wildman–Crippen MR) is 69.7 cm³/mol. The Morgan fingerprint density at radius 2 is 2.00 bits per heavy atom. The van der Waals surface area contributed by atoms with Gasteiger partial charge in [0.05, 0.1) is 0 Å². The lowest BCUT2D eigenvalue weighted by molar-refractivity contribution is 0.222. The Morgan fingerprint density at radius 1 is 1.25 bits per heavy atom. The molecule has 0 aromatic heterocycles. The van der Waals surface area contributed by atoms with Gasteiger partial charge in [0, 0.05) is 18.6 Å². The lowest BCUT2D eigenvalue weighted by Gasteiger charge is -2.25. The van der Waals surface area contributed by atoms with Gasteiger partial charge in [0.1, 0.15) is 0 Å². The van der Waals surface area contributed by atoms with Crippen LogP contribution in [0.1, 0.15) is 52.4 Å². The predicted octanol–water partition coefficient (Wildman–Crippen LogP) is 2.64. The molecule has 0 aromatic rings. The van der Waals surface area contributed by atoms with Gasteiger partial charge in [0.2, 0.25) is 0 Å². The Balaban J connectivity index is 1.62. The van der Waals surface area contributed by atoms with Gasteiger partial charge in [-0.15, -0.1) is 0 Å². The van der Waals surface area contributed by atoms with Crippen LogP contribution in [0, 0.1) is 5.92 Å². The van der Waals surface area contributed by atoms with Crippen LogP contribution in [0.3, 0.4) is 0 Å². The number of nitrogens with one attached hydrogen (secondary N) is 1. The van der Waals surface area contributed by atoms with E-state index in [9.17, 15) is 0 Å². The van der Waals surface area contributed by atoms with Gasteiger partial charge in [0.15, 0.2) is 0 Å². The summed E-state index contributed by atoms with van der Waals surface area (Å²) in [6, 6.07) is 1.81. The maximum Gasteiger partial charge on any atom is 0.00965 e. The summed E-state index contributed by atoms with van der Waals surface area (Å²) in [4.78, 5) is 2.74. The highest BCUT2D eigenvalue weighted by molar-refractivity contribution is 4.86. The van der Waals surface area contributed by atoms with Crippen molar-refractivity contribution in [2.75, 3.05) is 19.6 Å². The van der Waals surface area contributed by atoms with Crippen molar-refractivity contribution in [3.05, 3.63) is 0 Å². The molecule has 16 heavy (non-hydrogen) atoms. The van der Waals surface area contributed by atoms with E-state index in [0.29, 0.717) is 0 Å². The number of nitrogens with zero attached hydrogens (tertiary/aromatic N) is 1. The van der Waals surface area contributed by atoms with Crippen molar-refractivity contribution >= 4 is 0 Å². The maximum atomic E-state index is 3.65. The Kier molecular flexibility index (Phi) is 4.66. The first-order chi connectivity index (χ1) is 7.79. The van der Waals surface area contributed by atoms with E-state index >= 15 is 0 Å². The smallest absolute Gasteiger partial charge is 0.00965 e. The summed E-state index contributed by atoms with van der Waals surface area (Å²) in [6.07, 6.45) is 8.43. The molecule has 0 spiro atoms. The average Bonchev–Trinajstić information content (AvgIpc) is 3.15. The topological polar surface area (TPSA) is 15.3 Å². The summed E-state index contributed by atoms with van der Waals surface area (Å²) >= 11 is 0. The van der Waals surface area contributed by atoms with Crippen LogP contribution >= 0.6 is 0 Å². The molecule has 0 aliphatic heterocycles. The van der Waals surface area contributed by atoms with Crippen LogP contribution in [0.15, 0.2) is 0 Å². The van der Waals surface area contributed by atoms with Crippen LogP contribution in [0.5, 0.6) is 0 Å². The van der Waals surface area contributed by atoms with Crippen molar-refractivity contribution in [1.29, 1.82) is 0 Å². The van der Waals surface area contributed by atoms with Crippen LogP contribution in [-0.2, 0) is 0 Å². The molecule has 0 heterocycles. The monoisotopic (exact) mass is 224 g/mol. The molecule has 2 rings (SSSR count). The molecule has 0 aromatic carbocycles. The number of hydrogen-bond acceptors (Lipinski definition) is 2. The lowest BCUT2D eigenvalue weighted by atomic mass is 10.1. The molecule has 0 radical (unpaired) electrons. The van der Waals surface area contributed by atoms with Crippen LogP contribution in [0.4, 0.5) is 0 Å². The molecule has 94 valence electrons. The van der Waals surface area contributed by atoms with Crippen molar-refractivity contribution < 1.29 is 0 Å². The molecule has 1 N–H and O–H groups in total. The Bertz CT molecular complexity index is 197. The van der Waals surface area contributed by atoms with E-state index in [1.807, 2.05) is 0 Å². The summed E-state index contributed by atoms with van der Waals surface area (Å²) in [5, 5.41) is 3.65. The maximum absolute atomic E-state index is 3.65. The van der Waals surface area contributed by atoms with Crippen LogP contribution < -0.4 is 5.32 Å². The fraction of sp³-hybridized carbons (Fsp3) is 1.00. The fourth-order valence-corrected chi connectivity index (χ4v) is 2.34. The van der Waals surface area contributed by atoms with Gasteiger partial charge < -0.3 is 10.2 Å². The highest BCUT2D eigenvalue weighted by Crippen LogP contribution is 2.28. The molecular weight excluding hydrogens is 196 g/mol. The third-order valence-corrected chi connectivity index (χ3v) is 3.74. The molecule has 0 amide bonds. The fourth-order valence-electron chi connectivity index (χ4n) is 2.34. The summed E-state index contributed by atoms with van der Waals surface area (Å²) in [5.74, 6) is 0.818. The Hall–Kier alpha value is -0.0800. The normalized spacial score (nSPS) is 22.7. The van der Waals surface area contributed by atoms with Gasteiger partial charge >= 0.3 is 0 Å². The first-order valence-corrected chi connectivity index (χ1v) is 7.27. The largest absolute Gasteiger partial charge is 0.314 e. The highest BCUT2D eigenvalue weighted by atomic mass is 15.2. The van der Waals surface area contributed by atoms with Gasteiger partial charge in [-0.05, 0) is 51.1 Å². The number of rotatable bonds is 9. The first kappa shape index (κ1) is 12.4. The molecule has 2 aliphatic rings. The van der Waals surface area contributed by atoms with Crippen molar-refractivity contribution in [2.45, 2.75) is 64.5 Å². The van der Waals surface area contributed by atoms with Crippen molar-refractivity contribution in [2.24, 2.45) is 5.92 Å². The van der Waals surface area contributed by atoms with Crippen molar-refractivity contribution in [1.82, 2.24) is 10.2 Å². The SMILES string of the molecule is CCCCN(CC(C)CNC1CC1)C1CC1. The zero-order valence-electron chi connectivity index (χ0n) is 11.0. The van der Waals surface area contributed by atoms with Gasteiger partial charge in [-0.25, -0.2) is 0 Å². The van der Waals surface area contributed by atoms with Gasteiger partial charge in [0.25, 0.3) is 0 Å². The second-order valence-electron chi connectivity index (χ2n) is 5.87. The lowest BCUT2D eigenvalue weighted by Crippen LogP contribution is -2.36. The minimum Gasteiger partial charge on any atom is -0.314 e. The molecule has 0 saturated heterocycles. The number of hydrogen-bond donors (Lipinski definition) is 1. The minimum atomic E-state index is 0.818. The standard InChI is InChI=1S/C14H28N2/c1-3-4-9-16(14-7-8-14)11-12(2)10-15-13-5-6-13/h12-15H,3-11H2,1-2H3. The van der Waals surface area contributed by atoms with Gasteiger partial charge in [-0.1, -0.05) is 20.3 Å². The highest BCUT2D eigenvalue weighted by Gasteiger charge is 2.29. The molecular formula is C14H28N2. The molecule has 2 heteroatoms. The average molecular weight is 224 g/mol. The van der Waals surface area contributed by atoms with E-state index in [1.165, 1.54) is 58.2 Å². The summed E-state index contributed by atoms with van der Waals surface area (Å²) < 4.78 is 0. The van der Waals surface area contributed by atoms with E-state index in [2.05, 4.69) is 24.1 Å². The molecule has 2 saturated carbocycles. The Morgan fingerprint density at radius 3 is 2.56 bits per heavy atom. The molecule has 2 aliphatic carbocycles. The summed E-state index contributed by atoms with van der Waals surface area (Å²) in [5.41, 5.74) is 0. The second-order valence-corrected chi connectivity index (χ2v) is 5.87. The van der Waals surface area contributed by atoms with Crippen LogP contribution in [-0.4, -0.2) is 36.6 Å². The van der Waals surface area contributed by atoms with Crippen LogP contribution in [0.2, 0.25) is 0 Å². The van der Waals surface area contributed by atoms with E-state index in [0.717, 1.165) is 18.0 Å². The Labute approximate surface area is 101 Å². The van der Waals surface area contributed by atoms with Crippen molar-refractivity contribution in [3.8, 4) is 0 Å². The quantitative estimate of drug-likeness (QED) is 0.648. The second kappa shape index (κ2) is 6.02. The van der Waals surface area contributed by atoms with Crippen LogP contribution in [0.25, 0.3) is 0 Å². The third kappa shape index (κ3) is 4.42. The molecule has 0 bridgehead atoms. The molecule has 1 atom stereocenters. The van der Waals surface area contributed by atoms with E-state index in [4.69, 9.17) is 0 Å². The summed E-state index contributed by atoms with van der Waals surface area (Å²) in [7, 11) is 0. The van der Waals surface area contributed by atoms with Crippen molar-refractivity contribution in [3.63, 3.8) is 0 Å². The molecule has 2 fully saturated rings. The van der Waals surface area contributed by atoms with Gasteiger partial charge in [-0.2, -0.15) is 0 Å². The zero-order valence-corrected chi connectivity index (χ0v) is 11.0. The first-order valence-electron chi connectivity index (χ1n) is 7.27. The van der Waals surface area contributed by atoms with E-state index < -0.39 is 0 Å². The number of unbranched alkanes of at least 4 members (excludes halogenated alkanes) is 1.